The van der Waals surface area contributed by atoms with Gasteiger partial charge in [0, 0.05) is 24.5 Å². The Hall–Kier alpha value is -3.43. The molecule has 10 heteroatoms. The van der Waals surface area contributed by atoms with Gasteiger partial charge in [0.15, 0.2) is 5.13 Å². The molecule has 0 aliphatic heterocycles. The van der Waals surface area contributed by atoms with Crippen LogP contribution in [-0.2, 0) is 0 Å². The van der Waals surface area contributed by atoms with Crippen LogP contribution in [0.4, 0.5) is 19.6 Å². The van der Waals surface area contributed by atoms with Crippen LogP contribution in [0.3, 0.4) is 0 Å². The molecule has 0 saturated heterocycles. The van der Waals surface area contributed by atoms with Crippen LogP contribution in [0.5, 0.6) is 0 Å². The van der Waals surface area contributed by atoms with Crippen LogP contribution in [0.25, 0.3) is 21.8 Å². The largest absolute Gasteiger partial charge is 0.375 e. The topological polar surface area (TPSA) is 85.0 Å². The summed E-state index contributed by atoms with van der Waals surface area (Å²) < 4.78 is 27.6. The van der Waals surface area contributed by atoms with E-state index in [4.69, 9.17) is 17.3 Å². The van der Waals surface area contributed by atoms with Crippen LogP contribution in [0, 0.1) is 11.6 Å². The van der Waals surface area contributed by atoms with Crippen LogP contribution in [0.2, 0.25) is 5.28 Å². The fourth-order valence-electron chi connectivity index (χ4n) is 2.99. The van der Waals surface area contributed by atoms with Gasteiger partial charge in [-0.1, -0.05) is 23.5 Å². The van der Waals surface area contributed by atoms with Gasteiger partial charge in [-0.15, -0.1) is 0 Å². The summed E-state index contributed by atoms with van der Waals surface area (Å²) >= 11 is 7.15. The van der Waals surface area contributed by atoms with E-state index in [1.165, 1.54) is 29.5 Å². The van der Waals surface area contributed by atoms with Gasteiger partial charge in [-0.25, -0.2) is 23.7 Å². The van der Waals surface area contributed by atoms with E-state index in [9.17, 15) is 13.6 Å². The lowest BCUT2D eigenvalue weighted by molar-refractivity contribution is 0.0988. The minimum absolute atomic E-state index is 0.0895. The Kier molecular flexibility index (Phi) is 5.62. The molecule has 0 aliphatic carbocycles. The lowest BCUT2D eigenvalue weighted by atomic mass is 10.1. The minimum atomic E-state index is -0.801. The maximum Gasteiger partial charge on any atom is 0.261 e. The number of aromatic nitrogens is 3. The predicted octanol–water partition coefficient (Wildman–Crippen LogP) is 5.06. The van der Waals surface area contributed by atoms with Crippen molar-refractivity contribution in [2.75, 3.05) is 17.7 Å². The van der Waals surface area contributed by atoms with Gasteiger partial charge in [0.1, 0.15) is 11.6 Å². The summed E-state index contributed by atoms with van der Waals surface area (Å²) in [4.78, 5) is 27.2. The molecule has 0 spiro atoms. The molecule has 0 aliphatic rings. The second-order valence-corrected chi connectivity index (χ2v) is 7.85. The van der Waals surface area contributed by atoms with Crippen molar-refractivity contribution in [3.05, 3.63) is 77.2 Å². The van der Waals surface area contributed by atoms with Crippen molar-refractivity contribution in [2.45, 2.75) is 0 Å². The maximum atomic E-state index is 14.1. The first-order valence-corrected chi connectivity index (χ1v) is 10.1. The fourth-order valence-corrected chi connectivity index (χ4v) is 3.96. The minimum Gasteiger partial charge on any atom is -0.375 e. The highest BCUT2D eigenvalue weighted by Gasteiger charge is 2.20. The van der Waals surface area contributed by atoms with Crippen LogP contribution < -0.4 is 10.6 Å². The average Bonchev–Trinajstić information content (AvgIpc) is 3.16. The van der Waals surface area contributed by atoms with E-state index >= 15 is 0 Å². The number of hydrogen-bond donors (Lipinski definition) is 1. The van der Waals surface area contributed by atoms with Crippen molar-refractivity contribution >= 4 is 39.7 Å². The van der Waals surface area contributed by atoms with E-state index in [1.807, 2.05) is 0 Å². The molecular weight excluding hydrogens is 444 g/mol. The number of hydrogen-bond acceptors (Lipinski definition) is 6. The molecule has 156 valence electrons. The summed E-state index contributed by atoms with van der Waals surface area (Å²) in [6.07, 6.45) is 1.53. The van der Waals surface area contributed by atoms with Crippen molar-refractivity contribution in [2.24, 2.45) is 0 Å². The predicted molar refractivity (Wildman–Crippen MR) is 117 cm³/mol. The zero-order chi connectivity index (χ0) is 22.1. The highest BCUT2D eigenvalue weighted by molar-refractivity contribution is 7.19. The Balaban J connectivity index is 1.73. The molecular formula is C21H14ClF2N5OS. The lowest BCUT2D eigenvalue weighted by Gasteiger charge is -2.18. The number of carbonyl (C=O) groups excluding carboxylic acids is 1. The highest BCUT2D eigenvalue weighted by Crippen LogP contribution is 2.38. The van der Waals surface area contributed by atoms with Gasteiger partial charge in [0.25, 0.3) is 5.91 Å². The smallest absolute Gasteiger partial charge is 0.261 e. The van der Waals surface area contributed by atoms with Gasteiger partial charge >= 0.3 is 0 Å². The van der Waals surface area contributed by atoms with Crippen molar-refractivity contribution in [3.8, 4) is 21.8 Å². The molecule has 1 amide bonds. The summed E-state index contributed by atoms with van der Waals surface area (Å²) in [6.45, 7) is 0. The molecule has 2 heterocycles. The molecule has 2 aromatic carbocycles. The molecule has 4 rings (SSSR count). The summed E-state index contributed by atoms with van der Waals surface area (Å²) in [5, 5.41) is 0.419. The summed E-state index contributed by atoms with van der Waals surface area (Å²) in [5.74, 6) is -2.18. The molecule has 2 aromatic heterocycles. The van der Waals surface area contributed by atoms with Gasteiger partial charge < -0.3 is 10.6 Å². The van der Waals surface area contributed by atoms with Crippen LogP contribution in [-0.4, -0.2) is 27.9 Å². The standard InChI is InChI=1S/C21H14ClF2N5OS/c1-29(19(30)14-10-12(23)5-6-15(14)24)13-4-2-3-11(9-13)17-18(31-21(25)28-17)16-7-8-26-20(22)27-16/h2-10H,1H3,(H2,25,28). The van der Waals surface area contributed by atoms with Gasteiger partial charge in [0.05, 0.1) is 21.8 Å². The molecule has 0 bridgehead atoms. The number of anilines is 2. The molecule has 0 radical (unpaired) electrons. The number of carbonyl (C=O) groups is 1. The number of halogens is 3. The molecule has 31 heavy (non-hydrogen) atoms. The van der Waals surface area contributed by atoms with E-state index in [0.29, 0.717) is 32.6 Å². The lowest BCUT2D eigenvalue weighted by Crippen LogP contribution is -2.27. The Morgan fingerprint density at radius 3 is 2.71 bits per heavy atom. The second kappa shape index (κ2) is 8.37. The molecule has 0 saturated carbocycles. The number of amides is 1. The Morgan fingerprint density at radius 2 is 1.94 bits per heavy atom. The third-order valence-electron chi connectivity index (χ3n) is 4.47. The van der Waals surface area contributed by atoms with Crippen LogP contribution in [0.15, 0.2) is 54.7 Å². The number of rotatable bonds is 4. The zero-order valence-electron chi connectivity index (χ0n) is 16.0. The molecule has 0 fully saturated rings. The average molecular weight is 458 g/mol. The van der Waals surface area contributed by atoms with Gasteiger partial charge in [-0.3, -0.25) is 4.79 Å². The van der Waals surface area contributed by atoms with Gasteiger partial charge in [0.2, 0.25) is 5.28 Å². The quantitative estimate of drug-likeness (QED) is 0.433. The number of thiazole rings is 1. The first-order valence-electron chi connectivity index (χ1n) is 8.92. The van der Waals surface area contributed by atoms with E-state index in [0.717, 1.165) is 18.2 Å². The highest BCUT2D eigenvalue weighted by atomic mass is 35.5. The Labute approximate surface area is 185 Å². The first-order chi connectivity index (χ1) is 14.8. The van der Waals surface area contributed by atoms with E-state index in [-0.39, 0.29) is 10.8 Å². The molecule has 2 N–H and O–H groups in total. The maximum absolute atomic E-state index is 14.1. The normalized spacial score (nSPS) is 10.8. The summed E-state index contributed by atoms with van der Waals surface area (Å²) in [6, 6.07) is 11.3. The molecule has 6 nitrogen and oxygen atoms in total. The zero-order valence-corrected chi connectivity index (χ0v) is 17.6. The number of nitrogens with two attached hydrogens (primary N) is 1. The number of nitrogen functional groups attached to an aromatic ring is 1. The number of nitrogens with zero attached hydrogens (tertiary/aromatic N) is 4. The molecule has 0 atom stereocenters. The molecule has 0 unspecified atom stereocenters. The van der Waals surface area contributed by atoms with Gasteiger partial charge in [-0.05, 0) is 48.0 Å². The second-order valence-electron chi connectivity index (χ2n) is 6.48. The van der Waals surface area contributed by atoms with E-state index in [2.05, 4.69) is 15.0 Å². The SMILES string of the molecule is CN(C(=O)c1cc(F)ccc1F)c1cccc(-c2nc(N)sc2-c2ccnc(Cl)n2)c1. The third kappa shape index (κ3) is 4.23. The summed E-state index contributed by atoms with van der Waals surface area (Å²) in [5.41, 5.74) is 7.81. The van der Waals surface area contributed by atoms with Crippen molar-refractivity contribution < 1.29 is 13.6 Å². The van der Waals surface area contributed by atoms with Crippen LogP contribution >= 0.6 is 22.9 Å². The van der Waals surface area contributed by atoms with E-state index in [1.54, 1.807) is 30.3 Å². The molecule has 4 aromatic rings. The van der Waals surface area contributed by atoms with E-state index < -0.39 is 17.5 Å². The Morgan fingerprint density at radius 1 is 1.13 bits per heavy atom. The van der Waals surface area contributed by atoms with Crippen LogP contribution in [0.1, 0.15) is 10.4 Å². The first kappa shape index (κ1) is 20.8. The summed E-state index contributed by atoms with van der Waals surface area (Å²) in [7, 11) is 1.48. The van der Waals surface area contributed by atoms with Gasteiger partial charge in [-0.2, -0.15) is 0 Å². The fraction of sp³-hybridized carbons (Fsp3) is 0.0476. The van der Waals surface area contributed by atoms with Crippen molar-refractivity contribution in [1.29, 1.82) is 0 Å². The van der Waals surface area contributed by atoms with Crippen molar-refractivity contribution in [3.63, 3.8) is 0 Å². The third-order valence-corrected chi connectivity index (χ3v) is 5.56. The monoisotopic (exact) mass is 457 g/mol. The van der Waals surface area contributed by atoms with Crippen molar-refractivity contribution in [1.82, 2.24) is 15.0 Å². The Bertz CT molecular complexity index is 1300. The number of benzene rings is 2.